The number of benzene rings is 1. The van der Waals surface area contributed by atoms with Crippen LogP contribution in [0.2, 0.25) is 5.02 Å². The molecule has 0 bridgehead atoms. The number of hydrogen-bond acceptors (Lipinski definition) is 3. The Balaban J connectivity index is 1.55. The predicted molar refractivity (Wildman–Crippen MR) is 79.8 cm³/mol. The van der Waals surface area contributed by atoms with E-state index in [1.54, 1.807) is 0 Å². The van der Waals surface area contributed by atoms with Gasteiger partial charge in [-0.3, -0.25) is 11.3 Å². The van der Waals surface area contributed by atoms with Crippen LogP contribution in [0.1, 0.15) is 30.4 Å². The minimum atomic E-state index is 0.342. The number of ether oxygens (including phenoxy) is 1. The van der Waals surface area contributed by atoms with Crippen LogP contribution in [0.5, 0.6) is 5.75 Å². The molecular weight excluding hydrogens is 272 g/mol. The summed E-state index contributed by atoms with van der Waals surface area (Å²) in [4.78, 5) is 0. The van der Waals surface area contributed by atoms with E-state index in [9.17, 15) is 0 Å². The Morgan fingerprint density at radius 2 is 2.10 bits per heavy atom. The van der Waals surface area contributed by atoms with E-state index in [4.69, 9.17) is 22.2 Å². The maximum absolute atomic E-state index is 6.24. The van der Waals surface area contributed by atoms with Gasteiger partial charge in [-0.2, -0.15) is 0 Å². The number of hydrogen-bond donors (Lipinski definition) is 2. The van der Waals surface area contributed by atoms with Crippen molar-refractivity contribution in [1.29, 1.82) is 0 Å². The van der Waals surface area contributed by atoms with E-state index in [-0.39, 0.29) is 0 Å². The summed E-state index contributed by atoms with van der Waals surface area (Å²) in [7, 11) is 0. The number of hydrazine groups is 1. The first kappa shape index (κ1) is 12.9. The van der Waals surface area contributed by atoms with E-state index in [0.29, 0.717) is 12.0 Å². The highest BCUT2D eigenvalue weighted by Gasteiger charge is 2.47. The molecule has 1 heterocycles. The van der Waals surface area contributed by atoms with Crippen molar-refractivity contribution in [3.63, 3.8) is 0 Å². The lowest BCUT2D eigenvalue weighted by Crippen LogP contribution is -2.42. The summed E-state index contributed by atoms with van der Waals surface area (Å²) in [5.41, 5.74) is 5.51. The van der Waals surface area contributed by atoms with Crippen LogP contribution in [0.15, 0.2) is 12.1 Å². The van der Waals surface area contributed by atoms with E-state index in [0.717, 1.165) is 42.1 Å². The highest BCUT2D eigenvalue weighted by atomic mass is 35.5. The van der Waals surface area contributed by atoms with E-state index in [1.807, 2.05) is 12.1 Å². The molecule has 1 aromatic rings. The molecule has 2 fully saturated rings. The Morgan fingerprint density at radius 1 is 1.30 bits per heavy atom. The van der Waals surface area contributed by atoms with Gasteiger partial charge in [-0.1, -0.05) is 11.6 Å². The molecule has 3 atom stereocenters. The van der Waals surface area contributed by atoms with Crippen LogP contribution in [0.25, 0.3) is 0 Å². The molecule has 0 saturated heterocycles. The van der Waals surface area contributed by atoms with Crippen LogP contribution < -0.4 is 16.0 Å². The Hall–Kier alpha value is -0.770. The lowest BCUT2D eigenvalue weighted by atomic mass is 9.89. The van der Waals surface area contributed by atoms with Crippen molar-refractivity contribution in [3.05, 3.63) is 28.3 Å². The lowest BCUT2D eigenvalue weighted by Gasteiger charge is -2.25. The summed E-state index contributed by atoms with van der Waals surface area (Å²) >= 11 is 6.24. The van der Waals surface area contributed by atoms with Crippen LogP contribution in [-0.4, -0.2) is 12.6 Å². The molecule has 108 valence electrons. The van der Waals surface area contributed by atoms with Gasteiger partial charge in [0.05, 0.1) is 6.61 Å². The summed E-state index contributed by atoms with van der Waals surface area (Å²) in [5, 5.41) is 0.814. The molecule has 4 rings (SSSR count). The molecule has 3 N–H and O–H groups in total. The minimum Gasteiger partial charge on any atom is -0.493 e. The van der Waals surface area contributed by atoms with Crippen molar-refractivity contribution < 1.29 is 4.74 Å². The Labute approximate surface area is 124 Å². The highest BCUT2D eigenvalue weighted by molar-refractivity contribution is 6.30. The van der Waals surface area contributed by atoms with Gasteiger partial charge < -0.3 is 4.74 Å². The quantitative estimate of drug-likeness (QED) is 0.662. The van der Waals surface area contributed by atoms with Crippen LogP contribution in [0.4, 0.5) is 0 Å². The van der Waals surface area contributed by atoms with Gasteiger partial charge >= 0.3 is 0 Å². The van der Waals surface area contributed by atoms with Gasteiger partial charge in [0.2, 0.25) is 0 Å². The number of fused-ring (bicyclic) bond motifs is 2. The van der Waals surface area contributed by atoms with Crippen LogP contribution in [0.3, 0.4) is 0 Å². The zero-order chi connectivity index (χ0) is 13.7. The van der Waals surface area contributed by atoms with Gasteiger partial charge in [-0.05, 0) is 66.7 Å². The van der Waals surface area contributed by atoms with Gasteiger partial charge in [0, 0.05) is 17.5 Å². The van der Waals surface area contributed by atoms with E-state index < -0.39 is 0 Å². The van der Waals surface area contributed by atoms with Crippen molar-refractivity contribution in [2.24, 2.45) is 23.6 Å². The third kappa shape index (κ3) is 2.22. The molecule has 3 aliphatic rings. The van der Waals surface area contributed by atoms with Crippen molar-refractivity contribution in [2.75, 3.05) is 6.61 Å². The van der Waals surface area contributed by atoms with Crippen molar-refractivity contribution in [2.45, 2.75) is 38.1 Å². The van der Waals surface area contributed by atoms with Crippen LogP contribution in [0, 0.1) is 17.8 Å². The maximum atomic E-state index is 6.24. The second-order valence-electron chi connectivity index (χ2n) is 6.62. The Morgan fingerprint density at radius 3 is 2.85 bits per heavy atom. The second-order valence-corrected chi connectivity index (χ2v) is 7.05. The van der Waals surface area contributed by atoms with Gasteiger partial charge in [0.25, 0.3) is 0 Å². The summed E-state index contributed by atoms with van der Waals surface area (Å²) in [6, 6.07) is 4.42. The van der Waals surface area contributed by atoms with E-state index in [2.05, 4.69) is 5.43 Å². The molecule has 4 heteroatoms. The topological polar surface area (TPSA) is 47.3 Å². The van der Waals surface area contributed by atoms with Crippen LogP contribution in [-0.2, 0) is 12.8 Å². The molecule has 2 aliphatic carbocycles. The van der Waals surface area contributed by atoms with Crippen molar-refractivity contribution in [3.8, 4) is 5.75 Å². The average Bonchev–Trinajstić information content (AvgIpc) is 2.87. The zero-order valence-electron chi connectivity index (χ0n) is 11.6. The van der Waals surface area contributed by atoms with Gasteiger partial charge in [0.15, 0.2) is 0 Å². The fraction of sp³-hybridized carbons (Fsp3) is 0.625. The SMILES string of the molecule is NNC(Cc1cc(Cl)cc2c1OCC2)C1CC2CC2C1. The molecule has 20 heavy (non-hydrogen) atoms. The predicted octanol–water partition coefficient (Wildman–Crippen LogP) is 2.70. The summed E-state index contributed by atoms with van der Waals surface area (Å²) in [6.07, 6.45) is 6.01. The molecule has 0 spiro atoms. The first-order chi connectivity index (χ1) is 9.74. The molecule has 3 unspecified atom stereocenters. The van der Waals surface area contributed by atoms with Gasteiger partial charge in [-0.15, -0.1) is 0 Å². The number of nitrogens with two attached hydrogens (primary N) is 1. The summed E-state index contributed by atoms with van der Waals surface area (Å²) in [5.74, 6) is 9.55. The third-order valence-corrected chi connectivity index (χ3v) is 5.55. The fourth-order valence-corrected chi connectivity index (χ4v) is 4.45. The summed E-state index contributed by atoms with van der Waals surface area (Å²) in [6.45, 7) is 0.775. The minimum absolute atomic E-state index is 0.342. The molecular formula is C16H21ClN2O. The molecule has 2 saturated carbocycles. The largest absolute Gasteiger partial charge is 0.493 e. The number of rotatable bonds is 4. The molecule has 0 amide bonds. The molecule has 1 aromatic carbocycles. The monoisotopic (exact) mass is 292 g/mol. The zero-order valence-corrected chi connectivity index (χ0v) is 12.3. The molecule has 0 radical (unpaired) electrons. The fourth-order valence-electron chi connectivity index (χ4n) is 4.19. The van der Waals surface area contributed by atoms with Gasteiger partial charge in [-0.25, -0.2) is 0 Å². The highest BCUT2D eigenvalue weighted by Crippen LogP contribution is 2.55. The maximum Gasteiger partial charge on any atom is 0.125 e. The summed E-state index contributed by atoms with van der Waals surface area (Å²) < 4.78 is 5.80. The van der Waals surface area contributed by atoms with Gasteiger partial charge in [0.1, 0.15) is 5.75 Å². The number of halogens is 1. The second kappa shape index (κ2) is 4.90. The standard InChI is InChI=1S/C16H21ClN2O/c17-14-6-9-1-2-20-16(9)13(7-14)8-15(19-18)12-4-10-3-11(10)5-12/h6-7,10-12,15,19H,1-5,8,18H2. The van der Waals surface area contributed by atoms with E-state index >= 15 is 0 Å². The smallest absolute Gasteiger partial charge is 0.125 e. The van der Waals surface area contributed by atoms with Crippen molar-refractivity contribution >= 4 is 11.6 Å². The molecule has 3 nitrogen and oxygen atoms in total. The first-order valence-corrected chi connectivity index (χ1v) is 8.02. The Kier molecular flexibility index (Phi) is 3.17. The lowest BCUT2D eigenvalue weighted by molar-refractivity contribution is 0.324. The van der Waals surface area contributed by atoms with E-state index in [1.165, 1.54) is 30.4 Å². The van der Waals surface area contributed by atoms with Crippen molar-refractivity contribution in [1.82, 2.24) is 5.43 Å². The first-order valence-electron chi connectivity index (χ1n) is 7.65. The number of nitrogens with one attached hydrogen (secondary N) is 1. The van der Waals surface area contributed by atoms with Crippen LogP contribution >= 0.6 is 11.6 Å². The molecule has 0 aromatic heterocycles. The average molecular weight is 293 g/mol. The third-order valence-electron chi connectivity index (χ3n) is 5.33. The normalized spacial score (nSPS) is 31.6. The Bertz CT molecular complexity index is 523. The molecule has 1 aliphatic heterocycles.